The van der Waals surface area contributed by atoms with Crippen molar-refractivity contribution in [1.82, 2.24) is 29.3 Å². The number of nitrogens with one attached hydrogen (secondary N) is 1. The number of benzene rings is 2. The highest BCUT2D eigenvalue weighted by molar-refractivity contribution is 6.09. The highest BCUT2D eigenvalue weighted by Crippen LogP contribution is 2.17. The zero-order valence-electron chi connectivity index (χ0n) is 22.2. The van der Waals surface area contributed by atoms with Gasteiger partial charge >= 0.3 is 0 Å². The van der Waals surface area contributed by atoms with Crippen LogP contribution in [0.25, 0.3) is 0 Å². The van der Waals surface area contributed by atoms with E-state index in [1.807, 2.05) is 60.5 Å². The fourth-order valence-corrected chi connectivity index (χ4v) is 4.67. The van der Waals surface area contributed by atoms with E-state index >= 15 is 0 Å². The molecule has 2 aromatic carbocycles. The van der Waals surface area contributed by atoms with E-state index in [4.69, 9.17) is 0 Å². The van der Waals surface area contributed by atoms with Crippen LogP contribution in [-0.2, 0) is 33.2 Å². The predicted molar refractivity (Wildman–Crippen MR) is 147 cm³/mol. The quantitative estimate of drug-likeness (QED) is 0.242. The van der Waals surface area contributed by atoms with Crippen LogP contribution >= 0.6 is 0 Å². The fraction of sp³-hybridized carbons (Fsp3) is 0.367. The molecule has 0 saturated heterocycles. The van der Waals surface area contributed by atoms with E-state index in [1.54, 1.807) is 6.20 Å². The number of hydrogen-bond acceptors (Lipinski definition) is 5. The molecule has 2 aromatic heterocycles. The Labute approximate surface area is 220 Å². The second-order valence-electron chi connectivity index (χ2n) is 9.64. The maximum absolute atomic E-state index is 13.3. The molecule has 2 heterocycles. The molecule has 7 nitrogen and oxygen atoms in total. The molecule has 0 fully saturated rings. The normalized spacial score (nSPS) is 11.5. The van der Waals surface area contributed by atoms with Gasteiger partial charge in [0.2, 0.25) is 0 Å². The molecule has 0 aliphatic carbocycles. The van der Waals surface area contributed by atoms with Gasteiger partial charge in [0.25, 0.3) is 0 Å². The Morgan fingerprint density at radius 3 is 2.24 bits per heavy atom. The average molecular weight is 499 g/mol. The molecule has 0 unspecified atom stereocenters. The van der Waals surface area contributed by atoms with Crippen LogP contribution in [-0.4, -0.2) is 48.2 Å². The maximum atomic E-state index is 13.3. The Balaban J connectivity index is 1.44. The molecule has 0 amide bonds. The highest BCUT2D eigenvalue weighted by Gasteiger charge is 2.14. The summed E-state index contributed by atoms with van der Waals surface area (Å²) in [5, 5.41) is 0. The lowest BCUT2D eigenvalue weighted by atomic mass is 10.00. The number of imidazole rings is 2. The Morgan fingerprint density at radius 1 is 0.838 bits per heavy atom. The van der Waals surface area contributed by atoms with Crippen LogP contribution in [0.4, 0.5) is 0 Å². The minimum Gasteiger partial charge on any atom is -0.348 e. The van der Waals surface area contributed by atoms with Crippen LogP contribution in [0.3, 0.4) is 0 Å². The smallest absolute Gasteiger partial charge is 0.193 e. The Kier molecular flexibility index (Phi) is 9.40. The molecular formula is C30H38N6O. The van der Waals surface area contributed by atoms with E-state index < -0.39 is 0 Å². The molecule has 0 saturated carbocycles. The largest absolute Gasteiger partial charge is 0.348 e. The lowest BCUT2D eigenvalue weighted by molar-refractivity contribution is 0.103. The monoisotopic (exact) mass is 498 g/mol. The van der Waals surface area contributed by atoms with Gasteiger partial charge in [-0.2, -0.15) is 0 Å². The molecule has 0 aliphatic heterocycles. The summed E-state index contributed by atoms with van der Waals surface area (Å²) >= 11 is 0. The molecule has 0 bridgehead atoms. The Morgan fingerprint density at radius 2 is 1.59 bits per heavy atom. The summed E-state index contributed by atoms with van der Waals surface area (Å²) < 4.78 is 2.04. The van der Waals surface area contributed by atoms with Crippen LogP contribution in [0.5, 0.6) is 0 Å². The standard InChI is InChI=1S/C30H38N6O/c1-4-16-35(17-5-2)21-25-7-6-8-27(19-25)30(37)26-11-9-24(10-12-26)20-36(22-28-31-13-14-32-28)23-29-33-15-18-34(29)3/h6-15,18-19H,4-5,16-17,20-23H2,1-3H3,(H,31,32). The van der Waals surface area contributed by atoms with Crippen molar-refractivity contribution in [3.05, 3.63) is 107 Å². The molecule has 0 aliphatic rings. The van der Waals surface area contributed by atoms with Gasteiger partial charge in [0.15, 0.2) is 5.78 Å². The predicted octanol–water partition coefficient (Wildman–Crippen LogP) is 5.20. The van der Waals surface area contributed by atoms with Gasteiger partial charge in [0.1, 0.15) is 11.6 Å². The minimum absolute atomic E-state index is 0.0615. The number of carbonyl (C=O) groups excluding carboxylic acids is 1. The molecule has 4 aromatic rings. The SMILES string of the molecule is CCCN(CCC)Cc1cccc(C(=O)c2ccc(CN(Cc3ncc[nH]3)Cc3nccn3C)cc2)c1. The summed E-state index contributed by atoms with van der Waals surface area (Å²) in [6.45, 7) is 9.55. The van der Waals surface area contributed by atoms with E-state index in [2.05, 4.69) is 56.8 Å². The molecule has 0 radical (unpaired) electrons. The number of nitrogens with zero attached hydrogens (tertiary/aromatic N) is 5. The van der Waals surface area contributed by atoms with Crippen LogP contribution in [0.15, 0.2) is 73.3 Å². The van der Waals surface area contributed by atoms with Crippen molar-refractivity contribution in [1.29, 1.82) is 0 Å². The summed E-state index contributed by atoms with van der Waals surface area (Å²) in [5.41, 5.74) is 3.78. The molecule has 1 N–H and O–H groups in total. The second kappa shape index (κ2) is 13.1. The third-order valence-electron chi connectivity index (χ3n) is 6.51. The van der Waals surface area contributed by atoms with Crippen LogP contribution < -0.4 is 0 Å². The van der Waals surface area contributed by atoms with Gasteiger partial charge in [0, 0.05) is 56.1 Å². The topological polar surface area (TPSA) is 70.1 Å². The summed E-state index contributed by atoms with van der Waals surface area (Å²) in [4.78, 5) is 30.1. The van der Waals surface area contributed by atoms with Crippen molar-refractivity contribution in [3.8, 4) is 0 Å². The van der Waals surface area contributed by atoms with Gasteiger partial charge in [-0.1, -0.05) is 56.3 Å². The highest BCUT2D eigenvalue weighted by atomic mass is 16.1. The zero-order chi connectivity index (χ0) is 26.0. The summed E-state index contributed by atoms with van der Waals surface area (Å²) in [7, 11) is 2.01. The first kappa shape index (κ1) is 26.5. The lowest BCUT2D eigenvalue weighted by Crippen LogP contribution is -2.25. The van der Waals surface area contributed by atoms with Crippen molar-refractivity contribution < 1.29 is 4.79 Å². The molecule has 0 atom stereocenters. The number of ketones is 1. The lowest BCUT2D eigenvalue weighted by Gasteiger charge is -2.21. The Hall–Kier alpha value is -3.55. The van der Waals surface area contributed by atoms with E-state index in [-0.39, 0.29) is 5.78 Å². The van der Waals surface area contributed by atoms with Crippen molar-refractivity contribution in [2.24, 2.45) is 7.05 Å². The first-order valence-corrected chi connectivity index (χ1v) is 13.2. The first-order chi connectivity index (χ1) is 18.1. The minimum atomic E-state index is 0.0615. The van der Waals surface area contributed by atoms with Crippen molar-refractivity contribution in [2.45, 2.75) is 52.9 Å². The summed E-state index contributed by atoms with van der Waals surface area (Å²) in [5.74, 6) is 1.97. The van der Waals surface area contributed by atoms with Crippen molar-refractivity contribution in [2.75, 3.05) is 13.1 Å². The maximum Gasteiger partial charge on any atom is 0.193 e. The van der Waals surface area contributed by atoms with E-state index in [0.717, 1.165) is 61.8 Å². The van der Waals surface area contributed by atoms with Crippen LogP contribution in [0, 0.1) is 0 Å². The molecular weight excluding hydrogens is 460 g/mol. The van der Waals surface area contributed by atoms with E-state index in [9.17, 15) is 4.79 Å². The summed E-state index contributed by atoms with van der Waals surface area (Å²) in [6.07, 6.45) is 9.66. The molecule has 194 valence electrons. The van der Waals surface area contributed by atoms with Gasteiger partial charge in [-0.25, -0.2) is 9.97 Å². The fourth-order valence-electron chi connectivity index (χ4n) is 4.67. The molecule has 4 rings (SSSR count). The number of aromatic amines is 1. The van der Waals surface area contributed by atoms with Gasteiger partial charge in [-0.05, 0) is 43.1 Å². The van der Waals surface area contributed by atoms with Crippen molar-refractivity contribution in [3.63, 3.8) is 0 Å². The third kappa shape index (κ3) is 7.47. The second-order valence-corrected chi connectivity index (χ2v) is 9.64. The zero-order valence-corrected chi connectivity index (χ0v) is 22.2. The van der Waals surface area contributed by atoms with Gasteiger partial charge in [0.05, 0.1) is 13.1 Å². The first-order valence-electron chi connectivity index (χ1n) is 13.2. The van der Waals surface area contributed by atoms with E-state index in [0.29, 0.717) is 18.7 Å². The number of rotatable bonds is 14. The third-order valence-corrected chi connectivity index (χ3v) is 6.51. The van der Waals surface area contributed by atoms with Gasteiger partial charge < -0.3 is 9.55 Å². The van der Waals surface area contributed by atoms with Crippen LogP contribution in [0.1, 0.15) is 65.4 Å². The number of aromatic nitrogens is 4. The molecule has 0 spiro atoms. The Bertz CT molecular complexity index is 1240. The van der Waals surface area contributed by atoms with Gasteiger partial charge in [-0.3, -0.25) is 14.6 Å². The van der Waals surface area contributed by atoms with Crippen molar-refractivity contribution >= 4 is 5.78 Å². The molecule has 37 heavy (non-hydrogen) atoms. The summed E-state index contributed by atoms with van der Waals surface area (Å²) in [6, 6.07) is 16.1. The van der Waals surface area contributed by atoms with Gasteiger partial charge in [-0.15, -0.1) is 0 Å². The van der Waals surface area contributed by atoms with Crippen LogP contribution in [0.2, 0.25) is 0 Å². The molecule has 7 heteroatoms. The number of hydrogen-bond donors (Lipinski definition) is 1. The number of H-pyrrole nitrogens is 1. The number of aryl methyl sites for hydroxylation is 1. The average Bonchev–Trinajstić information content (AvgIpc) is 3.56. The van der Waals surface area contributed by atoms with E-state index in [1.165, 1.54) is 5.56 Å². The number of carbonyl (C=O) groups is 1.